The number of hydrogen-bond acceptors (Lipinski definition) is 6. The summed E-state index contributed by atoms with van der Waals surface area (Å²) in [5.74, 6) is -1.14. The Bertz CT molecular complexity index is 464. The number of aromatic carboxylic acids is 1. The van der Waals surface area contributed by atoms with Gasteiger partial charge in [0.1, 0.15) is 17.6 Å². The van der Waals surface area contributed by atoms with Crippen molar-refractivity contribution in [1.82, 2.24) is 4.98 Å². The highest BCUT2D eigenvalue weighted by molar-refractivity contribution is 5.93. The lowest BCUT2D eigenvalue weighted by Crippen LogP contribution is -2.11. The van der Waals surface area contributed by atoms with E-state index in [0.717, 1.165) is 12.3 Å². The van der Waals surface area contributed by atoms with E-state index in [4.69, 9.17) is 9.84 Å². The standard InChI is InChI=1S/C11H15N3O5/c1-2-19-5-3-4-12-10-9(11(15)16)6-8(7-13-10)14(17)18/h6-7H,2-5H2,1H3,(H,12,13)(H,15,16). The SMILES string of the molecule is CCOCCCNc1ncc([N+](=O)[O-])cc1C(=O)O. The summed E-state index contributed by atoms with van der Waals surface area (Å²) in [5, 5.41) is 22.4. The van der Waals surface area contributed by atoms with E-state index < -0.39 is 10.9 Å². The topological polar surface area (TPSA) is 115 Å². The molecular formula is C11H15N3O5. The first kappa shape index (κ1) is 14.8. The second-order valence-electron chi connectivity index (χ2n) is 3.63. The molecule has 0 fully saturated rings. The minimum Gasteiger partial charge on any atom is -0.478 e. The van der Waals surface area contributed by atoms with E-state index in [1.165, 1.54) is 0 Å². The van der Waals surface area contributed by atoms with Gasteiger partial charge in [0.15, 0.2) is 0 Å². The first-order valence-electron chi connectivity index (χ1n) is 5.75. The molecule has 0 atom stereocenters. The van der Waals surface area contributed by atoms with E-state index in [9.17, 15) is 14.9 Å². The van der Waals surface area contributed by atoms with Gasteiger partial charge in [-0.1, -0.05) is 0 Å². The van der Waals surface area contributed by atoms with E-state index in [1.807, 2.05) is 6.92 Å². The van der Waals surface area contributed by atoms with Crippen LogP contribution in [0.3, 0.4) is 0 Å². The Balaban J connectivity index is 2.71. The van der Waals surface area contributed by atoms with Crippen LogP contribution in [0.15, 0.2) is 12.3 Å². The zero-order valence-electron chi connectivity index (χ0n) is 10.5. The summed E-state index contributed by atoms with van der Waals surface area (Å²) in [5.41, 5.74) is -0.567. The maximum Gasteiger partial charge on any atom is 0.339 e. The third kappa shape index (κ3) is 4.51. The average molecular weight is 269 g/mol. The minimum atomic E-state index is -1.26. The number of nitro groups is 1. The van der Waals surface area contributed by atoms with Gasteiger partial charge in [-0.2, -0.15) is 0 Å². The number of carboxylic acid groups (broad SMARTS) is 1. The van der Waals surface area contributed by atoms with Crippen LogP contribution in [0.1, 0.15) is 23.7 Å². The smallest absolute Gasteiger partial charge is 0.339 e. The predicted molar refractivity (Wildman–Crippen MR) is 67.5 cm³/mol. The van der Waals surface area contributed by atoms with Crippen molar-refractivity contribution in [3.63, 3.8) is 0 Å². The van der Waals surface area contributed by atoms with E-state index in [0.29, 0.717) is 26.2 Å². The van der Waals surface area contributed by atoms with Crippen LogP contribution < -0.4 is 5.32 Å². The molecule has 0 saturated carbocycles. The molecule has 104 valence electrons. The molecule has 1 heterocycles. The van der Waals surface area contributed by atoms with E-state index in [-0.39, 0.29) is 17.1 Å². The number of nitrogens with zero attached hydrogens (tertiary/aromatic N) is 2. The summed E-state index contributed by atoms with van der Waals surface area (Å²) in [6.07, 6.45) is 1.71. The molecule has 0 aromatic carbocycles. The fourth-order valence-corrected chi connectivity index (χ4v) is 1.38. The second kappa shape index (κ2) is 7.27. The Morgan fingerprint density at radius 1 is 1.63 bits per heavy atom. The van der Waals surface area contributed by atoms with Crippen molar-refractivity contribution in [3.05, 3.63) is 27.9 Å². The normalized spacial score (nSPS) is 10.2. The third-order valence-electron chi connectivity index (χ3n) is 2.28. The molecule has 0 unspecified atom stereocenters. The third-order valence-corrected chi connectivity index (χ3v) is 2.28. The van der Waals surface area contributed by atoms with Crippen molar-refractivity contribution in [3.8, 4) is 0 Å². The summed E-state index contributed by atoms with van der Waals surface area (Å²) < 4.78 is 5.13. The van der Waals surface area contributed by atoms with Crippen molar-refractivity contribution in [2.24, 2.45) is 0 Å². The number of pyridine rings is 1. The maximum absolute atomic E-state index is 11.0. The first-order valence-corrected chi connectivity index (χ1v) is 5.75. The largest absolute Gasteiger partial charge is 0.478 e. The lowest BCUT2D eigenvalue weighted by molar-refractivity contribution is -0.385. The molecular weight excluding hydrogens is 254 g/mol. The molecule has 0 saturated heterocycles. The van der Waals surface area contributed by atoms with Crippen LogP contribution in [0, 0.1) is 10.1 Å². The number of nitrogens with one attached hydrogen (secondary N) is 1. The molecule has 0 bridgehead atoms. The number of carbonyl (C=O) groups is 1. The van der Waals surface area contributed by atoms with Gasteiger partial charge in [-0.15, -0.1) is 0 Å². The van der Waals surface area contributed by atoms with Crippen LogP contribution in [-0.2, 0) is 4.74 Å². The summed E-state index contributed by atoms with van der Waals surface area (Å²) in [7, 11) is 0. The Morgan fingerprint density at radius 2 is 2.37 bits per heavy atom. The van der Waals surface area contributed by atoms with Gasteiger partial charge in [-0.3, -0.25) is 10.1 Å². The molecule has 0 aliphatic rings. The van der Waals surface area contributed by atoms with Gasteiger partial charge in [-0.25, -0.2) is 9.78 Å². The Hall–Kier alpha value is -2.22. The molecule has 1 aromatic rings. The van der Waals surface area contributed by atoms with Crippen LogP contribution in [0.2, 0.25) is 0 Å². The van der Waals surface area contributed by atoms with Crippen molar-refractivity contribution >= 4 is 17.5 Å². The van der Waals surface area contributed by atoms with Gasteiger partial charge in [0.25, 0.3) is 5.69 Å². The van der Waals surface area contributed by atoms with Gasteiger partial charge in [-0.05, 0) is 13.3 Å². The van der Waals surface area contributed by atoms with Crippen LogP contribution in [-0.4, -0.2) is 40.7 Å². The predicted octanol–water partition coefficient (Wildman–Crippen LogP) is 1.53. The molecule has 0 radical (unpaired) electrons. The number of anilines is 1. The molecule has 0 amide bonds. The number of aromatic nitrogens is 1. The quantitative estimate of drug-likeness (QED) is 0.417. The average Bonchev–Trinajstić information content (AvgIpc) is 2.38. The minimum absolute atomic E-state index is 0.120. The monoisotopic (exact) mass is 269 g/mol. The van der Waals surface area contributed by atoms with Crippen molar-refractivity contribution in [2.75, 3.05) is 25.1 Å². The summed E-state index contributed by atoms with van der Waals surface area (Å²) >= 11 is 0. The lowest BCUT2D eigenvalue weighted by atomic mass is 10.2. The molecule has 8 heteroatoms. The molecule has 0 aliphatic heterocycles. The van der Waals surface area contributed by atoms with Gasteiger partial charge in [0, 0.05) is 25.8 Å². The van der Waals surface area contributed by atoms with Crippen LogP contribution in [0.5, 0.6) is 0 Å². The number of rotatable bonds is 8. The van der Waals surface area contributed by atoms with Crippen molar-refractivity contribution in [1.29, 1.82) is 0 Å². The Kier molecular flexibility index (Phi) is 5.68. The fraction of sp³-hybridized carbons (Fsp3) is 0.455. The summed E-state index contributed by atoms with van der Waals surface area (Å²) in [6, 6.07) is 0.986. The highest BCUT2D eigenvalue weighted by Crippen LogP contribution is 2.19. The molecule has 1 rings (SSSR count). The molecule has 0 aliphatic carbocycles. The number of ether oxygens (including phenoxy) is 1. The molecule has 8 nitrogen and oxygen atoms in total. The summed E-state index contributed by atoms with van der Waals surface area (Å²) in [4.78, 5) is 24.6. The van der Waals surface area contributed by atoms with E-state index in [1.54, 1.807) is 0 Å². The molecule has 0 spiro atoms. The lowest BCUT2D eigenvalue weighted by Gasteiger charge is -2.08. The number of hydrogen-bond donors (Lipinski definition) is 2. The molecule has 1 aromatic heterocycles. The molecule has 2 N–H and O–H groups in total. The van der Waals surface area contributed by atoms with Gasteiger partial charge in [0.05, 0.1) is 4.92 Å². The zero-order chi connectivity index (χ0) is 14.3. The maximum atomic E-state index is 11.0. The van der Waals surface area contributed by atoms with E-state index in [2.05, 4.69) is 10.3 Å². The Morgan fingerprint density at radius 3 is 2.95 bits per heavy atom. The highest BCUT2D eigenvalue weighted by Gasteiger charge is 2.17. The fourth-order valence-electron chi connectivity index (χ4n) is 1.38. The highest BCUT2D eigenvalue weighted by atomic mass is 16.6. The summed E-state index contributed by atoms with van der Waals surface area (Å²) in [6.45, 7) is 3.54. The van der Waals surface area contributed by atoms with Crippen molar-refractivity contribution < 1.29 is 19.6 Å². The second-order valence-corrected chi connectivity index (χ2v) is 3.63. The van der Waals surface area contributed by atoms with Gasteiger partial charge in [0.2, 0.25) is 0 Å². The number of carboxylic acids is 1. The van der Waals surface area contributed by atoms with E-state index >= 15 is 0 Å². The zero-order valence-corrected chi connectivity index (χ0v) is 10.5. The van der Waals surface area contributed by atoms with Crippen LogP contribution in [0.25, 0.3) is 0 Å². The van der Waals surface area contributed by atoms with Gasteiger partial charge >= 0.3 is 5.97 Å². The van der Waals surface area contributed by atoms with Crippen LogP contribution in [0.4, 0.5) is 11.5 Å². The van der Waals surface area contributed by atoms with Crippen LogP contribution >= 0.6 is 0 Å². The van der Waals surface area contributed by atoms with Gasteiger partial charge < -0.3 is 15.2 Å². The molecule has 19 heavy (non-hydrogen) atoms. The Labute approximate surface area is 109 Å². The van der Waals surface area contributed by atoms with Crippen molar-refractivity contribution in [2.45, 2.75) is 13.3 Å². The first-order chi connectivity index (χ1) is 9.06.